The van der Waals surface area contributed by atoms with Crippen molar-refractivity contribution in [3.8, 4) is 0 Å². The van der Waals surface area contributed by atoms with Crippen molar-refractivity contribution < 1.29 is 15.0 Å². The molecule has 0 saturated heterocycles. The first kappa shape index (κ1) is 18.0. The molecule has 0 saturated carbocycles. The molecule has 2 aromatic carbocycles. The molecular formula is C18H18Cl2N2O3. The number of halogens is 2. The maximum absolute atomic E-state index is 12.4. The Hall–Kier alpha value is -1.79. The highest BCUT2D eigenvalue weighted by Gasteiger charge is 2.49. The number of nitrogens with zero attached hydrogens (tertiary/aromatic N) is 1. The van der Waals surface area contributed by atoms with E-state index in [4.69, 9.17) is 23.2 Å². The van der Waals surface area contributed by atoms with E-state index >= 15 is 0 Å². The zero-order valence-electron chi connectivity index (χ0n) is 13.8. The maximum Gasteiger partial charge on any atom is 0.261 e. The van der Waals surface area contributed by atoms with Crippen LogP contribution in [0.15, 0.2) is 36.4 Å². The number of amides is 1. The van der Waals surface area contributed by atoms with Crippen molar-refractivity contribution in [1.29, 1.82) is 0 Å². The summed E-state index contributed by atoms with van der Waals surface area (Å²) in [5.41, 5.74) is 0.121. The van der Waals surface area contributed by atoms with Gasteiger partial charge in [-0.1, -0.05) is 35.3 Å². The number of fused-ring (bicyclic) bond motifs is 1. The van der Waals surface area contributed by atoms with Crippen LogP contribution in [0.2, 0.25) is 10.0 Å². The summed E-state index contributed by atoms with van der Waals surface area (Å²) in [6.07, 6.45) is -1.28. The number of rotatable bonds is 4. The Labute approximate surface area is 155 Å². The molecule has 0 aliphatic carbocycles. The predicted molar refractivity (Wildman–Crippen MR) is 99.3 cm³/mol. The zero-order chi connectivity index (χ0) is 18.4. The summed E-state index contributed by atoms with van der Waals surface area (Å²) >= 11 is 12.3. The van der Waals surface area contributed by atoms with Gasteiger partial charge in [0.1, 0.15) is 0 Å². The lowest BCUT2D eigenvalue weighted by Crippen LogP contribution is -2.36. The van der Waals surface area contributed by atoms with Crippen LogP contribution in [-0.2, 0) is 10.4 Å². The van der Waals surface area contributed by atoms with Crippen molar-refractivity contribution in [1.82, 2.24) is 0 Å². The number of anilines is 2. The fraction of sp³-hybridized carbons (Fsp3) is 0.278. The van der Waals surface area contributed by atoms with Crippen LogP contribution >= 0.6 is 23.2 Å². The van der Waals surface area contributed by atoms with E-state index in [1.807, 2.05) is 31.1 Å². The van der Waals surface area contributed by atoms with Gasteiger partial charge in [-0.05, 0) is 29.8 Å². The first-order valence-corrected chi connectivity index (χ1v) is 8.47. The first-order valence-electron chi connectivity index (χ1n) is 7.71. The van der Waals surface area contributed by atoms with Crippen LogP contribution in [0.5, 0.6) is 0 Å². The highest BCUT2D eigenvalue weighted by Crippen LogP contribution is 2.47. The van der Waals surface area contributed by atoms with Gasteiger partial charge in [-0.2, -0.15) is 0 Å². The van der Waals surface area contributed by atoms with Crippen LogP contribution in [0.1, 0.15) is 23.7 Å². The second kappa shape index (κ2) is 6.50. The normalized spacial score (nSPS) is 20.2. The number of hydrogen-bond acceptors (Lipinski definition) is 4. The summed E-state index contributed by atoms with van der Waals surface area (Å²) in [5.74, 6) is -0.651. The minimum Gasteiger partial charge on any atom is -0.388 e. The van der Waals surface area contributed by atoms with Crippen molar-refractivity contribution >= 4 is 40.5 Å². The third-order valence-electron chi connectivity index (χ3n) is 4.41. The van der Waals surface area contributed by atoms with Gasteiger partial charge in [0.15, 0.2) is 5.60 Å². The molecule has 3 N–H and O–H groups in total. The molecule has 1 aliphatic rings. The fourth-order valence-corrected chi connectivity index (χ4v) is 3.51. The van der Waals surface area contributed by atoms with Gasteiger partial charge >= 0.3 is 0 Å². The van der Waals surface area contributed by atoms with Gasteiger partial charge in [0.05, 0.1) is 16.8 Å². The number of hydrogen-bond donors (Lipinski definition) is 3. The quantitative estimate of drug-likeness (QED) is 0.760. The zero-order valence-corrected chi connectivity index (χ0v) is 15.3. The lowest BCUT2D eigenvalue weighted by Gasteiger charge is -2.25. The molecule has 1 unspecified atom stereocenters. The van der Waals surface area contributed by atoms with E-state index in [0.717, 1.165) is 5.69 Å². The van der Waals surface area contributed by atoms with Gasteiger partial charge in [0, 0.05) is 36.8 Å². The molecule has 5 nitrogen and oxygen atoms in total. The second-order valence-corrected chi connectivity index (χ2v) is 7.11. The molecule has 0 spiro atoms. The molecule has 2 aromatic rings. The minimum absolute atomic E-state index is 0.204. The summed E-state index contributed by atoms with van der Waals surface area (Å²) in [5, 5.41) is 24.6. The summed E-state index contributed by atoms with van der Waals surface area (Å²) < 4.78 is 0. The molecule has 3 rings (SSSR count). The fourth-order valence-electron chi connectivity index (χ4n) is 3.00. The highest BCUT2D eigenvalue weighted by molar-refractivity contribution is 6.38. The monoisotopic (exact) mass is 380 g/mol. The Morgan fingerprint density at radius 1 is 1.12 bits per heavy atom. The summed E-state index contributed by atoms with van der Waals surface area (Å²) in [6, 6.07) is 10.3. The van der Waals surface area contributed by atoms with Crippen molar-refractivity contribution in [2.45, 2.75) is 18.1 Å². The van der Waals surface area contributed by atoms with Crippen molar-refractivity contribution in [2.24, 2.45) is 0 Å². The van der Waals surface area contributed by atoms with Crippen molar-refractivity contribution in [3.63, 3.8) is 0 Å². The molecule has 7 heteroatoms. The average molecular weight is 381 g/mol. The molecule has 1 aliphatic heterocycles. The topological polar surface area (TPSA) is 72.8 Å². The van der Waals surface area contributed by atoms with Crippen molar-refractivity contribution in [3.05, 3.63) is 57.6 Å². The van der Waals surface area contributed by atoms with E-state index in [2.05, 4.69) is 5.32 Å². The summed E-state index contributed by atoms with van der Waals surface area (Å²) in [6.45, 7) is 0. The summed E-state index contributed by atoms with van der Waals surface area (Å²) in [7, 11) is 3.83. The Morgan fingerprint density at radius 3 is 2.32 bits per heavy atom. The molecule has 0 fully saturated rings. The minimum atomic E-state index is -1.95. The van der Waals surface area contributed by atoms with Gasteiger partial charge in [0.25, 0.3) is 5.91 Å². The van der Waals surface area contributed by atoms with E-state index in [9.17, 15) is 15.0 Å². The Kier molecular flexibility index (Phi) is 4.68. The predicted octanol–water partition coefficient (Wildman–Crippen LogP) is 3.32. The van der Waals surface area contributed by atoms with E-state index in [0.29, 0.717) is 5.56 Å². The van der Waals surface area contributed by atoms with Crippen LogP contribution in [0.25, 0.3) is 0 Å². The van der Waals surface area contributed by atoms with E-state index < -0.39 is 17.6 Å². The van der Waals surface area contributed by atoms with Gasteiger partial charge in [-0.25, -0.2) is 0 Å². The number of nitrogens with one attached hydrogen (secondary N) is 1. The van der Waals surface area contributed by atoms with Crippen LogP contribution in [-0.4, -0.2) is 30.2 Å². The molecule has 25 heavy (non-hydrogen) atoms. The maximum atomic E-state index is 12.4. The average Bonchev–Trinajstić information content (AvgIpc) is 2.83. The molecular weight excluding hydrogens is 363 g/mol. The molecule has 132 valence electrons. The van der Waals surface area contributed by atoms with Gasteiger partial charge in [-0.3, -0.25) is 4.79 Å². The van der Waals surface area contributed by atoms with Gasteiger partial charge in [-0.15, -0.1) is 0 Å². The Morgan fingerprint density at radius 2 is 1.72 bits per heavy atom. The SMILES string of the molecule is CN(C)c1ccc(C(O)C[C@]2(O)C(=O)Nc3c(Cl)ccc(Cl)c32)cc1. The number of carbonyl (C=O) groups is 1. The standard InChI is InChI=1S/C18H18Cl2N2O3/c1-22(2)11-5-3-10(4-6-11)14(23)9-18(25)15-12(19)7-8-13(20)16(15)21-17(18)24/h3-8,14,23,25H,9H2,1-2H3,(H,21,24)/t14?,18-/m1/s1. The summed E-state index contributed by atoms with van der Waals surface area (Å²) in [4.78, 5) is 14.3. The van der Waals surface area contributed by atoms with E-state index in [1.165, 1.54) is 6.07 Å². The molecule has 2 atom stereocenters. The van der Waals surface area contributed by atoms with E-state index in [1.54, 1.807) is 18.2 Å². The van der Waals surface area contributed by atoms with E-state index in [-0.39, 0.29) is 27.7 Å². The third kappa shape index (κ3) is 3.09. The van der Waals surface area contributed by atoms with Gasteiger partial charge in [0.2, 0.25) is 0 Å². The molecule has 1 amide bonds. The van der Waals surface area contributed by atoms with Crippen LogP contribution < -0.4 is 10.2 Å². The Balaban J connectivity index is 1.92. The number of carbonyl (C=O) groups excluding carboxylic acids is 1. The molecule has 1 heterocycles. The second-order valence-electron chi connectivity index (χ2n) is 6.30. The first-order chi connectivity index (χ1) is 11.7. The molecule has 0 aromatic heterocycles. The van der Waals surface area contributed by atoms with Crippen LogP contribution in [0.3, 0.4) is 0 Å². The number of aliphatic hydroxyl groups is 2. The Bertz CT molecular complexity index is 824. The number of aliphatic hydroxyl groups excluding tert-OH is 1. The van der Waals surface area contributed by atoms with Crippen molar-refractivity contribution in [2.75, 3.05) is 24.3 Å². The lowest BCUT2D eigenvalue weighted by atomic mass is 9.87. The van der Waals surface area contributed by atoms with Gasteiger partial charge < -0.3 is 20.4 Å². The van der Waals surface area contributed by atoms with Crippen LogP contribution in [0, 0.1) is 0 Å². The van der Waals surface area contributed by atoms with Crippen LogP contribution in [0.4, 0.5) is 11.4 Å². The highest BCUT2D eigenvalue weighted by atomic mass is 35.5. The number of benzene rings is 2. The third-order valence-corrected chi connectivity index (χ3v) is 5.04. The molecule has 0 radical (unpaired) electrons. The molecule has 0 bridgehead atoms. The smallest absolute Gasteiger partial charge is 0.261 e. The lowest BCUT2D eigenvalue weighted by molar-refractivity contribution is -0.137. The largest absolute Gasteiger partial charge is 0.388 e.